The summed E-state index contributed by atoms with van der Waals surface area (Å²) in [4.78, 5) is 6.72. The van der Waals surface area contributed by atoms with Gasteiger partial charge in [0.15, 0.2) is 0 Å². The Bertz CT molecular complexity index is 619. The minimum absolute atomic E-state index is 0.705. The van der Waals surface area contributed by atoms with Gasteiger partial charge in [-0.25, -0.2) is 0 Å². The molecule has 1 fully saturated rings. The lowest BCUT2D eigenvalue weighted by molar-refractivity contribution is 0.166. The van der Waals surface area contributed by atoms with E-state index in [1.165, 1.54) is 42.1 Å². The van der Waals surface area contributed by atoms with Crippen LogP contribution >= 0.6 is 11.3 Å². The number of thiophene rings is 1. The van der Waals surface area contributed by atoms with E-state index in [9.17, 15) is 0 Å². The maximum absolute atomic E-state index is 4.53. The van der Waals surface area contributed by atoms with Crippen molar-refractivity contribution in [3.63, 3.8) is 0 Å². The van der Waals surface area contributed by atoms with Crippen LogP contribution in [0.4, 0.5) is 0 Å². The van der Waals surface area contributed by atoms with Crippen LogP contribution < -0.4 is 0 Å². The third-order valence-electron chi connectivity index (χ3n) is 5.23. The fourth-order valence-corrected chi connectivity index (χ4v) is 4.57. The molecule has 0 aliphatic carbocycles. The van der Waals surface area contributed by atoms with Crippen molar-refractivity contribution in [1.29, 1.82) is 0 Å². The summed E-state index contributed by atoms with van der Waals surface area (Å²) < 4.78 is 2.10. The number of hydrogen-bond donors (Lipinski definition) is 0. The van der Waals surface area contributed by atoms with E-state index in [2.05, 4.69) is 64.1 Å². The Morgan fingerprint density at radius 1 is 1.29 bits per heavy atom. The molecule has 1 aliphatic heterocycles. The summed E-state index contributed by atoms with van der Waals surface area (Å²) in [7, 11) is 0. The van der Waals surface area contributed by atoms with Crippen LogP contribution in [0.25, 0.3) is 0 Å². The van der Waals surface area contributed by atoms with Gasteiger partial charge < -0.3 is 0 Å². The van der Waals surface area contributed by atoms with Gasteiger partial charge >= 0.3 is 0 Å². The van der Waals surface area contributed by atoms with Gasteiger partial charge in [-0.3, -0.25) is 14.5 Å². The van der Waals surface area contributed by atoms with Crippen LogP contribution in [0.15, 0.2) is 23.7 Å². The lowest BCUT2D eigenvalue weighted by atomic mass is 10.1. The van der Waals surface area contributed by atoms with Gasteiger partial charge in [0.25, 0.3) is 0 Å². The molecular formula is C19H30N4S. The molecule has 4 nitrogen and oxygen atoms in total. The fraction of sp³-hybridized carbons (Fsp3) is 0.632. The van der Waals surface area contributed by atoms with Crippen molar-refractivity contribution < 1.29 is 0 Å². The van der Waals surface area contributed by atoms with E-state index in [4.69, 9.17) is 0 Å². The first-order valence-electron chi connectivity index (χ1n) is 9.21. The molecule has 3 rings (SSSR count). The zero-order valence-corrected chi connectivity index (χ0v) is 16.1. The van der Waals surface area contributed by atoms with Gasteiger partial charge in [-0.1, -0.05) is 13.0 Å². The minimum Gasteiger partial charge on any atom is -0.299 e. The number of likely N-dealkylation sites (N-methyl/N-ethyl adjacent to an activating group) is 1. The highest BCUT2D eigenvalue weighted by Crippen LogP contribution is 2.22. The number of nitrogens with zero attached hydrogens (tertiary/aromatic N) is 4. The van der Waals surface area contributed by atoms with Crippen LogP contribution in [0.3, 0.4) is 0 Å². The van der Waals surface area contributed by atoms with Crippen LogP contribution in [0.1, 0.15) is 42.8 Å². The molecule has 0 unspecified atom stereocenters. The molecule has 0 radical (unpaired) electrons. The minimum atomic E-state index is 0.705. The van der Waals surface area contributed by atoms with Crippen LogP contribution in [0.5, 0.6) is 0 Å². The fourth-order valence-electron chi connectivity index (χ4n) is 3.82. The molecular weight excluding hydrogens is 316 g/mol. The Kier molecular flexibility index (Phi) is 6.09. The zero-order valence-electron chi connectivity index (χ0n) is 15.2. The Hall–Kier alpha value is -1.17. The molecule has 0 N–H and O–H groups in total. The second-order valence-electron chi connectivity index (χ2n) is 6.74. The van der Waals surface area contributed by atoms with E-state index in [0.717, 1.165) is 26.2 Å². The number of aromatic nitrogens is 2. The first-order chi connectivity index (χ1) is 11.7. The first-order valence-corrected chi connectivity index (χ1v) is 10.1. The SMILES string of the molecule is CCN1CCC[C@@H]1CN(Cc1cccs1)Cc1cnn(CC)c1C. The number of rotatable bonds is 8. The van der Waals surface area contributed by atoms with Crippen molar-refractivity contribution in [3.05, 3.63) is 39.8 Å². The highest BCUT2D eigenvalue weighted by molar-refractivity contribution is 7.09. The van der Waals surface area contributed by atoms with Gasteiger partial charge in [-0.05, 0) is 51.2 Å². The van der Waals surface area contributed by atoms with Gasteiger partial charge in [0.2, 0.25) is 0 Å². The Morgan fingerprint density at radius 2 is 2.17 bits per heavy atom. The van der Waals surface area contributed by atoms with Gasteiger partial charge in [0.1, 0.15) is 0 Å². The third-order valence-corrected chi connectivity index (χ3v) is 6.09. The molecule has 0 bridgehead atoms. The smallest absolute Gasteiger partial charge is 0.0537 e. The normalized spacial score (nSPS) is 18.8. The lowest BCUT2D eigenvalue weighted by Gasteiger charge is -2.30. The molecule has 24 heavy (non-hydrogen) atoms. The maximum Gasteiger partial charge on any atom is 0.0537 e. The quantitative estimate of drug-likeness (QED) is 0.727. The van der Waals surface area contributed by atoms with E-state index in [-0.39, 0.29) is 0 Å². The molecule has 0 saturated carbocycles. The standard InChI is InChI=1S/C19H30N4S/c1-4-22-10-6-8-18(22)14-21(15-19-9-7-11-24-19)13-17-12-20-23(5-2)16(17)3/h7,9,11-12,18H,4-6,8,10,13-15H2,1-3H3/t18-/m1/s1. The van der Waals surface area contributed by atoms with Crippen molar-refractivity contribution >= 4 is 11.3 Å². The van der Waals surface area contributed by atoms with E-state index < -0.39 is 0 Å². The summed E-state index contributed by atoms with van der Waals surface area (Å²) in [6, 6.07) is 5.12. The second-order valence-corrected chi connectivity index (χ2v) is 7.78. The van der Waals surface area contributed by atoms with E-state index in [0.29, 0.717) is 6.04 Å². The maximum atomic E-state index is 4.53. The number of aryl methyl sites for hydroxylation is 1. The summed E-state index contributed by atoms with van der Waals surface area (Å²) in [6.45, 7) is 13.2. The Morgan fingerprint density at radius 3 is 2.83 bits per heavy atom. The van der Waals surface area contributed by atoms with Crippen molar-refractivity contribution in [2.24, 2.45) is 0 Å². The average Bonchev–Trinajstić information content (AvgIpc) is 3.31. The van der Waals surface area contributed by atoms with Gasteiger partial charge in [0.05, 0.1) is 6.20 Å². The molecule has 132 valence electrons. The monoisotopic (exact) mass is 346 g/mol. The topological polar surface area (TPSA) is 24.3 Å². The molecule has 1 saturated heterocycles. The van der Waals surface area contributed by atoms with E-state index in [1.54, 1.807) is 0 Å². The molecule has 0 spiro atoms. The molecule has 1 atom stereocenters. The summed E-state index contributed by atoms with van der Waals surface area (Å²) in [6.07, 6.45) is 4.74. The predicted molar refractivity (Wildman–Crippen MR) is 101 cm³/mol. The Balaban J connectivity index is 1.72. The summed E-state index contributed by atoms with van der Waals surface area (Å²) >= 11 is 1.86. The van der Waals surface area contributed by atoms with Crippen molar-refractivity contribution in [3.8, 4) is 0 Å². The van der Waals surface area contributed by atoms with Crippen molar-refractivity contribution in [2.45, 2.75) is 59.3 Å². The number of hydrogen-bond acceptors (Lipinski definition) is 4. The van der Waals surface area contributed by atoms with Crippen molar-refractivity contribution in [2.75, 3.05) is 19.6 Å². The summed E-state index contributed by atoms with van der Waals surface area (Å²) in [5.74, 6) is 0. The van der Waals surface area contributed by atoms with Crippen LogP contribution in [-0.4, -0.2) is 45.3 Å². The van der Waals surface area contributed by atoms with Crippen molar-refractivity contribution in [1.82, 2.24) is 19.6 Å². The molecule has 3 heterocycles. The largest absolute Gasteiger partial charge is 0.299 e. The predicted octanol–water partition coefficient (Wildman–Crippen LogP) is 3.76. The molecule has 0 aromatic carbocycles. The van der Waals surface area contributed by atoms with Gasteiger partial charge in [-0.15, -0.1) is 11.3 Å². The van der Waals surface area contributed by atoms with Crippen LogP contribution in [0, 0.1) is 6.92 Å². The molecule has 2 aromatic rings. The lowest BCUT2D eigenvalue weighted by Crippen LogP contribution is -2.39. The molecule has 5 heteroatoms. The van der Waals surface area contributed by atoms with E-state index >= 15 is 0 Å². The first kappa shape index (κ1) is 17.6. The van der Waals surface area contributed by atoms with E-state index in [1.807, 2.05) is 11.3 Å². The second kappa shape index (κ2) is 8.28. The Labute approximate surface area is 150 Å². The zero-order chi connectivity index (χ0) is 16.9. The third kappa shape index (κ3) is 4.08. The van der Waals surface area contributed by atoms with Gasteiger partial charge in [0, 0.05) is 48.4 Å². The summed E-state index contributed by atoms with van der Waals surface area (Å²) in [5.41, 5.74) is 2.68. The van der Waals surface area contributed by atoms with Crippen LogP contribution in [0.2, 0.25) is 0 Å². The van der Waals surface area contributed by atoms with Gasteiger partial charge in [-0.2, -0.15) is 5.10 Å². The average molecular weight is 347 g/mol. The molecule has 0 amide bonds. The number of likely N-dealkylation sites (tertiary alicyclic amines) is 1. The highest BCUT2D eigenvalue weighted by atomic mass is 32.1. The summed E-state index contributed by atoms with van der Waals surface area (Å²) in [5, 5.41) is 6.71. The molecule has 2 aromatic heterocycles. The van der Waals surface area contributed by atoms with Crippen LogP contribution in [-0.2, 0) is 19.6 Å². The molecule has 1 aliphatic rings. The highest BCUT2D eigenvalue weighted by Gasteiger charge is 2.25.